The van der Waals surface area contributed by atoms with Gasteiger partial charge in [-0.3, -0.25) is 4.79 Å². The largest absolute Gasteiger partial charge is 0.358 e. The van der Waals surface area contributed by atoms with Crippen molar-refractivity contribution in [1.82, 2.24) is 15.0 Å². The number of amides is 1. The van der Waals surface area contributed by atoms with E-state index in [1.54, 1.807) is 12.1 Å². The SMILES string of the molecule is CNS(=O)(=O)Cc1ccc(CNC(=O)c2ccc3[nH]c4c(c3c2)CC(C)CC4)cc1. The Labute approximate surface area is 177 Å². The highest BCUT2D eigenvalue weighted by Gasteiger charge is 2.20. The zero-order valence-electron chi connectivity index (χ0n) is 17.3. The summed E-state index contributed by atoms with van der Waals surface area (Å²) >= 11 is 0. The summed E-state index contributed by atoms with van der Waals surface area (Å²) in [6.07, 6.45) is 3.32. The lowest BCUT2D eigenvalue weighted by atomic mass is 9.87. The molecule has 1 unspecified atom stereocenters. The van der Waals surface area contributed by atoms with Crippen LogP contribution in [-0.4, -0.2) is 26.4 Å². The van der Waals surface area contributed by atoms with E-state index in [9.17, 15) is 13.2 Å². The number of aryl methyl sites for hydroxylation is 1. The topological polar surface area (TPSA) is 91.1 Å². The molecule has 0 spiro atoms. The Hall–Kier alpha value is -2.64. The maximum absolute atomic E-state index is 12.7. The van der Waals surface area contributed by atoms with Gasteiger partial charge in [-0.1, -0.05) is 31.2 Å². The molecule has 1 heterocycles. The lowest BCUT2D eigenvalue weighted by Gasteiger charge is -2.18. The standard InChI is InChI=1S/C23H27N3O3S/c1-15-3-9-21-19(11-15)20-12-18(8-10-22(20)26-21)23(27)25-13-16-4-6-17(7-5-16)14-30(28,29)24-2/h4-8,10,12,15,24,26H,3,9,11,13-14H2,1-2H3,(H,25,27). The second kappa shape index (κ2) is 8.24. The van der Waals surface area contributed by atoms with Gasteiger partial charge in [0.1, 0.15) is 0 Å². The summed E-state index contributed by atoms with van der Waals surface area (Å²) in [5.74, 6) is 0.494. The van der Waals surface area contributed by atoms with Gasteiger partial charge >= 0.3 is 0 Å². The van der Waals surface area contributed by atoms with E-state index in [4.69, 9.17) is 0 Å². The molecule has 0 aliphatic heterocycles. The first-order valence-electron chi connectivity index (χ1n) is 10.3. The van der Waals surface area contributed by atoms with Crippen LogP contribution in [0.25, 0.3) is 10.9 Å². The van der Waals surface area contributed by atoms with Gasteiger partial charge < -0.3 is 10.3 Å². The lowest BCUT2D eigenvalue weighted by Crippen LogP contribution is -2.23. The van der Waals surface area contributed by atoms with Crippen LogP contribution in [0.15, 0.2) is 42.5 Å². The molecule has 3 aromatic rings. The molecule has 0 radical (unpaired) electrons. The van der Waals surface area contributed by atoms with Crippen molar-refractivity contribution in [1.29, 1.82) is 0 Å². The highest BCUT2D eigenvalue weighted by molar-refractivity contribution is 7.88. The average molecular weight is 426 g/mol. The van der Waals surface area contributed by atoms with E-state index in [-0.39, 0.29) is 11.7 Å². The summed E-state index contributed by atoms with van der Waals surface area (Å²) < 4.78 is 25.6. The summed E-state index contributed by atoms with van der Waals surface area (Å²) in [6.45, 7) is 2.66. The highest BCUT2D eigenvalue weighted by atomic mass is 32.2. The average Bonchev–Trinajstić information content (AvgIpc) is 3.10. The van der Waals surface area contributed by atoms with Gasteiger partial charge in [0, 0.05) is 28.7 Å². The van der Waals surface area contributed by atoms with E-state index in [2.05, 4.69) is 21.9 Å². The molecular weight excluding hydrogens is 398 g/mol. The molecule has 0 fully saturated rings. The predicted molar refractivity (Wildman–Crippen MR) is 119 cm³/mol. The van der Waals surface area contributed by atoms with Crippen LogP contribution in [0.2, 0.25) is 0 Å². The number of nitrogens with one attached hydrogen (secondary N) is 3. The third-order valence-electron chi connectivity index (χ3n) is 5.84. The number of fused-ring (bicyclic) bond motifs is 3. The normalized spacial score (nSPS) is 16.4. The van der Waals surface area contributed by atoms with E-state index in [1.807, 2.05) is 30.3 Å². The molecule has 3 N–H and O–H groups in total. The zero-order chi connectivity index (χ0) is 21.3. The maximum Gasteiger partial charge on any atom is 0.251 e. The molecule has 1 atom stereocenters. The second-order valence-corrected chi connectivity index (χ2v) is 10.1. The fourth-order valence-electron chi connectivity index (χ4n) is 4.06. The van der Waals surface area contributed by atoms with Crippen LogP contribution in [0.1, 0.15) is 46.1 Å². The van der Waals surface area contributed by atoms with Gasteiger partial charge in [-0.05, 0) is 67.1 Å². The predicted octanol–water partition coefficient (Wildman–Crippen LogP) is 3.27. The van der Waals surface area contributed by atoms with E-state index in [0.29, 0.717) is 23.6 Å². The van der Waals surface area contributed by atoms with Gasteiger partial charge in [0.25, 0.3) is 5.91 Å². The third kappa shape index (κ3) is 4.42. The zero-order valence-corrected chi connectivity index (χ0v) is 18.1. The van der Waals surface area contributed by atoms with E-state index < -0.39 is 10.0 Å². The summed E-state index contributed by atoms with van der Waals surface area (Å²) in [5.41, 5.74) is 6.03. The van der Waals surface area contributed by atoms with Crippen LogP contribution in [0, 0.1) is 5.92 Å². The first kappa shape index (κ1) is 20.6. The molecule has 0 saturated carbocycles. The van der Waals surface area contributed by atoms with Crippen LogP contribution in [0.4, 0.5) is 0 Å². The van der Waals surface area contributed by atoms with Crippen LogP contribution in [0.5, 0.6) is 0 Å². The molecule has 2 aromatic carbocycles. The lowest BCUT2D eigenvalue weighted by molar-refractivity contribution is 0.0951. The van der Waals surface area contributed by atoms with Gasteiger partial charge in [-0.2, -0.15) is 0 Å². The van der Waals surface area contributed by atoms with Crippen LogP contribution >= 0.6 is 0 Å². The molecule has 1 aromatic heterocycles. The molecule has 1 aliphatic carbocycles. The van der Waals surface area contributed by atoms with Gasteiger partial charge in [0.05, 0.1) is 5.75 Å². The second-order valence-electron chi connectivity index (χ2n) is 8.15. The van der Waals surface area contributed by atoms with Gasteiger partial charge in [0.15, 0.2) is 0 Å². The van der Waals surface area contributed by atoms with Crippen molar-refractivity contribution in [3.8, 4) is 0 Å². The van der Waals surface area contributed by atoms with Crippen molar-refractivity contribution in [2.75, 3.05) is 7.05 Å². The van der Waals surface area contributed by atoms with Crippen molar-refractivity contribution < 1.29 is 13.2 Å². The summed E-state index contributed by atoms with van der Waals surface area (Å²) in [6, 6.07) is 13.1. The minimum Gasteiger partial charge on any atom is -0.358 e. The molecule has 30 heavy (non-hydrogen) atoms. The minimum absolute atomic E-state index is 0.0598. The Bertz CT molecular complexity index is 1180. The molecule has 0 bridgehead atoms. The van der Waals surface area contributed by atoms with Crippen molar-refractivity contribution in [3.63, 3.8) is 0 Å². The van der Waals surface area contributed by atoms with Gasteiger partial charge in [0.2, 0.25) is 10.0 Å². The van der Waals surface area contributed by atoms with Crippen molar-refractivity contribution in [3.05, 3.63) is 70.4 Å². The Morgan fingerprint density at radius 1 is 1.13 bits per heavy atom. The molecule has 0 saturated heterocycles. The third-order valence-corrected chi connectivity index (χ3v) is 7.18. The van der Waals surface area contributed by atoms with Crippen molar-refractivity contribution in [2.45, 2.75) is 38.5 Å². The summed E-state index contributed by atoms with van der Waals surface area (Å²) in [4.78, 5) is 16.2. The summed E-state index contributed by atoms with van der Waals surface area (Å²) in [5, 5.41) is 4.11. The number of carbonyl (C=O) groups is 1. The quantitative estimate of drug-likeness (QED) is 0.566. The number of hydrogen-bond donors (Lipinski definition) is 3. The number of aromatic nitrogens is 1. The fourth-order valence-corrected chi connectivity index (χ4v) is 4.84. The minimum atomic E-state index is -3.29. The molecule has 6 nitrogen and oxygen atoms in total. The number of benzene rings is 2. The highest BCUT2D eigenvalue weighted by Crippen LogP contribution is 2.32. The van der Waals surface area contributed by atoms with E-state index in [0.717, 1.165) is 29.3 Å². The molecular formula is C23H27N3O3S. The van der Waals surface area contributed by atoms with Crippen LogP contribution < -0.4 is 10.0 Å². The maximum atomic E-state index is 12.7. The molecule has 7 heteroatoms. The summed E-state index contributed by atoms with van der Waals surface area (Å²) in [7, 11) is -1.89. The smallest absolute Gasteiger partial charge is 0.251 e. The van der Waals surface area contributed by atoms with E-state index in [1.165, 1.54) is 24.7 Å². The Morgan fingerprint density at radius 3 is 2.60 bits per heavy atom. The van der Waals surface area contributed by atoms with E-state index >= 15 is 0 Å². The number of hydrogen-bond acceptors (Lipinski definition) is 3. The number of rotatable bonds is 6. The van der Waals surface area contributed by atoms with Crippen LogP contribution in [0.3, 0.4) is 0 Å². The number of carbonyl (C=O) groups excluding carboxylic acids is 1. The van der Waals surface area contributed by atoms with Gasteiger partial charge in [-0.15, -0.1) is 0 Å². The van der Waals surface area contributed by atoms with Crippen molar-refractivity contribution >= 4 is 26.8 Å². The Balaban J connectivity index is 1.44. The molecule has 158 valence electrons. The molecule has 1 aliphatic rings. The first-order valence-corrected chi connectivity index (χ1v) is 11.9. The van der Waals surface area contributed by atoms with Crippen LogP contribution in [-0.2, 0) is 35.2 Å². The number of sulfonamides is 1. The Morgan fingerprint density at radius 2 is 1.87 bits per heavy atom. The molecule has 4 rings (SSSR count). The number of aromatic amines is 1. The first-order chi connectivity index (χ1) is 14.3. The molecule has 1 amide bonds. The fraction of sp³-hybridized carbons (Fsp3) is 0.348. The number of H-pyrrole nitrogens is 1. The monoisotopic (exact) mass is 425 g/mol. The van der Waals surface area contributed by atoms with Gasteiger partial charge in [-0.25, -0.2) is 13.1 Å². The van der Waals surface area contributed by atoms with Crippen molar-refractivity contribution in [2.24, 2.45) is 5.92 Å². The Kier molecular flexibility index (Phi) is 5.66.